The van der Waals surface area contributed by atoms with Crippen molar-refractivity contribution < 1.29 is 19.1 Å². The van der Waals surface area contributed by atoms with E-state index in [1.54, 1.807) is 13.0 Å². The van der Waals surface area contributed by atoms with Crippen LogP contribution in [0.15, 0.2) is 54.6 Å². The van der Waals surface area contributed by atoms with Crippen molar-refractivity contribution in [1.29, 1.82) is 0 Å². The highest BCUT2D eigenvalue weighted by Gasteiger charge is 2.17. The van der Waals surface area contributed by atoms with Crippen molar-refractivity contribution in [2.24, 2.45) is 0 Å². The highest BCUT2D eigenvalue weighted by Crippen LogP contribution is 2.29. The maximum absolute atomic E-state index is 12.4. The molecule has 0 saturated carbocycles. The van der Waals surface area contributed by atoms with Gasteiger partial charge in [-0.15, -0.1) is 0 Å². The van der Waals surface area contributed by atoms with Gasteiger partial charge in [0.2, 0.25) is 5.91 Å². The van der Waals surface area contributed by atoms with Crippen molar-refractivity contribution >= 4 is 17.6 Å². The third-order valence-electron chi connectivity index (χ3n) is 4.13. The Balaban J connectivity index is 1.94. The van der Waals surface area contributed by atoms with E-state index in [1.165, 1.54) is 0 Å². The minimum Gasteiger partial charge on any atom is -0.465 e. The van der Waals surface area contributed by atoms with Crippen LogP contribution in [0.4, 0.5) is 5.69 Å². The summed E-state index contributed by atoms with van der Waals surface area (Å²) in [6.45, 7) is 6.74. The molecule has 0 saturated heterocycles. The summed E-state index contributed by atoms with van der Waals surface area (Å²) in [6, 6.07) is 16.8. The van der Waals surface area contributed by atoms with E-state index >= 15 is 0 Å². The fraction of sp³-hybridized carbons (Fsp3) is 0.364. The summed E-state index contributed by atoms with van der Waals surface area (Å²) < 4.78 is 10.9. The Morgan fingerprint density at radius 1 is 1.04 bits per heavy atom. The summed E-state index contributed by atoms with van der Waals surface area (Å²) in [5, 5.41) is 2.90. The molecule has 0 atom stereocenters. The molecule has 2 aromatic rings. The van der Waals surface area contributed by atoms with E-state index < -0.39 is 0 Å². The first kappa shape index (κ1) is 21.4. The van der Waals surface area contributed by atoms with Gasteiger partial charge in [0.15, 0.2) is 5.75 Å². The molecule has 0 aromatic heterocycles. The molecule has 1 amide bonds. The Morgan fingerprint density at radius 3 is 2.39 bits per heavy atom. The largest absolute Gasteiger partial charge is 0.465 e. The second kappa shape index (κ2) is 11.1. The van der Waals surface area contributed by atoms with Gasteiger partial charge < -0.3 is 14.8 Å². The van der Waals surface area contributed by atoms with E-state index in [0.717, 1.165) is 0 Å². The van der Waals surface area contributed by atoms with Gasteiger partial charge in [0.1, 0.15) is 5.75 Å². The quantitative estimate of drug-likeness (QED) is 0.625. The van der Waals surface area contributed by atoms with Crippen LogP contribution in [0.5, 0.6) is 11.5 Å². The van der Waals surface area contributed by atoms with Crippen molar-refractivity contribution in [2.45, 2.75) is 33.2 Å². The van der Waals surface area contributed by atoms with E-state index in [1.807, 2.05) is 67.3 Å². The summed E-state index contributed by atoms with van der Waals surface area (Å²) in [4.78, 5) is 26.1. The number of nitrogens with zero attached hydrogens (tertiary/aromatic N) is 1. The topological polar surface area (TPSA) is 67.9 Å². The molecule has 0 fully saturated rings. The molecule has 0 aliphatic carbocycles. The van der Waals surface area contributed by atoms with Gasteiger partial charge in [-0.2, -0.15) is 0 Å². The monoisotopic (exact) mass is 384 g/mol. The molecule has 150 valence electrons. The number of anilines is 1. The predicted molar refractivity (Wildman–Crippen MR) is 110 cm³/mol. The fourth-order valence-corrected chi connectivity index (χ4v) is 2.62. The zero-order chi connectivity index (χ0) is 20.4. The number of amides is 1. The van der Waals surface area contributed by atoms with Gasteiger partial charge in [-0.05, 0) is 45.0 Å². The second-order valence-electron chi connectivity index (χ2n) is 6.58. The summed E-state index contributed by atoms with van der Waals surface area (Å²) in [7, 11) is 0. The molecule has 1 N–H and O–H groups in total. The van der Waals surface area contributed by atoms with E-state index in [-0.39, 0.29) is 30.9 Å². The van der Waals surface area contributed by atoms with Crippen LogP contribution in [-0.2, 0) is 14.3 Å². The molecule has 6 heteroatoms. The van der Waals surface area contributed by atoms with Crippen molar-refractivity contribution in [3.63, 3.8) is 0 Å². The van der Waals surface area contributed by atoms with Gasteiger partial charge in [-0.1, -0.05) is 30.3 Å². The molecular weight excluding hydrogens is 356 g/mol. The molecular formula is C22H28N2O4. The predicted octanol–water partition coefficient (Wildman–Crippen LogP) is 4.08. The molecule has 0 heterocycles. The van der Waals surface area contributed by atoms with Gasteiger partial charge in [0, 0.05) is 19.0 Å². The number of para-hydroxylation sites is 3. The standard InChI is InChI=1S/C22H28N2O4/c1-4-27-22(26)16-24(17(2)3)15-14-21(25)23-19-12-8-9-13-20(19)28-18-10-6-5-7-11-18/h5-13,17H,4,14-16H2,1-3H3,(H,23,25). The third kappa shape index (κ3) is 7.04. The molecule has 6 nitrogen and oxygen atoms in total. The van der Waals surface area contributed by atoms with E-state index in [4.69, 9.17) is 9.47 Å². The number of esters is 1. The third-order valence-corrected chi connectivity index (χ3v) is 4.13. The van der Waals surface area contributed by atoms with Crippen LogP contribution in [-0.4, -0.2) is 42.5 Å². The van der Waals surface area contributed by atoms with E-state index in [0.29, 0.717) is 30.3 Å². The van der Waals surface area contributed by atoms with Crippen molar-refractivity contribution in [2.75, 3.05) is 25.0 Å². The first-order valence-corrected chi connectivity index (χ1v) is 9.51. The van der Waals surface area contributed by atoms with Crippen LogP contribution < -0.4 is 10.1 Å². The SMILES string of the molecule is CCOC(=O)CN(CCC(=O)Nc1ccccc1Oc1ccccc1)C(C)C. The Kier molecular flexibility index (Phi) is 8.49. The van der Waals surface area contributed by atoms with Crippen molar-refractivity contribution in [3.05, 3.63) is 54.6 Å². The van der Waals surface area contributed by atoms with Crippen LogP contribution in [0, 0.1) is 0 Å². The van der Waals surface area contributed by atoms with Crippen LogP contribution >= 0.6 is 0 Å². The van der Waals surface area contributed by atoms with Crippen molar-refractivity contribution in [1.82, 2.24) is 4.90 Å². The smallest absolute Gasteiger partial charge is 0.320 e. The minimum absolute atomic E-state index is 0.130. The van der Waals surface area contributed by atoms with Crippen molar-refractivity contribution in [3.8, 4) is 11.5 Å². The lowest BCUT2D eigenvalue weighted by molar-refractivity contribution is -0.145. The molecule has 0 aliphatic rings. The Hall–Kier alpha value is -2.86. The Morgan fingerprint density at radius 2 is 1.71 bits per heavy atom. The molecule has 0 aliphatic heterocycles. The summed E-state index contributed by atoms with van der Waals surface area (Å²) in [5.74, 6) is 0.857. The Bertz CT molecular complexity index is 762. The maximum Gasteiger partial charge on any atom is 0.320 e. The normalized spacial score (nSPS) is 10.8. The van der Waals surface area contributed by atoms with Crippen LogP contribution in [0.25, 0.3) is 0 Å². The lowest BCUT2D eigenvalue weighted by Crippen LogP contribution is -2.38. The maximum atomic E-state index is 12.4. The van der Waals surface area contributed by atoms with E-state index in [9.17, 15) is 9.59 Å². The average Bonchev–Trinajstić information content (AvgIpc) is 2.67. The number of hydrogen-bond donors (Lipinski definition) is 1. The average molecular weight is 384 g/mol. The number of nitrogens with one attached hydrogen (secondary N) is 1. The number of rotatable bonds is 10. The first-order chi connectivity index (χ1) is 13.5. The van der Waals surface area contributed by atoms with Gasteiger partial charge in [0.05, 0.1) is 18.8 Å². The first-order valence-electron chi connectivity index (χ1n) is 9.51. The summed E-state index contributed by atoms with van der Waals surface area (Å²) >= 11 is 0. The zero-order valence-corrected chi connectivity index (χ0v) is 16.7. The number of hydrogen-bond acceptors (Lipinski definition) is 5. The van der Waals surface area contributed by atoms with Crippen LogP contribution in [0.2, 0.25) is 0 Å². The van der Waals surface area contributed by atoms with Crippen LogP contribution in [0.1, 0.15) is 27.2 Å². The highest BCUT2D eigenvalue weighted by atomic mass is 16.5. The zero-order valence-electron chi connectivity index (χ0n) is 16.7. The molecule has 28 heavy (non-hydrogen) atoms. The molecule has 0 radical (unpaired) electrons. The van der Waals surface area contributed by atoms with Gasteiger partial charge >= 0.3 is 5.97 Å². The highest BCUT2D eigenvalue weighted by molar-refractivity contribution is 5.92. The lowest BCUT2D eigenvalue weighted by atomic mass is 10.2. The van der Waals surface area contributed by atoms with Gasteiger partial charge in [0.25, 0.3) is 0 Å². The second-order valence-corrected chi connectivity index (χ2v) is 6.58. The number of benzene rings is 2. The minimum atomic E-state index is -0.279. The Labute approximate surface area is 166 Å². The lowest BCUT2D eigenvalue weighted by Gasteiger charge is -2.25. The van der Waals surface area contributed by atoms with Crippen LogP contribution in [0.3, 0.4) is 0 Å². The summed E-state index contributed by atoms with van der Waals surface area (Å²) in [6.07, 6.45) is 0.261. The van der Waals surface area contributed by atoms with Gasteiger partial charge in [-0.3, -0.25) is 14.5 Å². The summed E-state index contributed by atoms with van der Waals surface area (Å²) in [5.41, 5.74) is 0.609. The molecule has 0 spiro atoms. The number of carbonyl (C=O) groups excluding carboxylic acids is 2. The van der Waals surface area contributed by atoms with Gasteiger partial charge in [-0.25, -0.2) is 0 Å². The number of ether oxygens (including phenoxy) is 2. The fourth-order valence-electron chi connectivity index (χ4n) is 2.62. The number of carbonyl (C=O) groups is 2. The molecule has 2 rings (SSSR count). The molecule has 2 aromatic carbocycles. The molecule has 0 bridgehead atoms. The van der Waals surface area contributed by atoms with E-state index in [2.05, 4.69) is 5.32 Å². The molecule has 0 unspecified atom stereocenters.